The standard InChI is InChI=1S/C17H23ClN4O3S2/c1-3-22-16(19-20-17(22)26-11-13-8-9-25-10-13)12(2)21-27(23,24)15-6-4-14(18)5-7-15/h4-7,12-13,21H,3,8-11H2,1-2H3/t12-,13?/m1/s1. The number of nitrogens with zero attached hydrogens (tertiary/aromatic N) is 3. The quantitative estimate of drug-likeness (QED) is 0.647. The van der Waals surface area contributed by atoms with E-state index >= 15 is 0 Å². The molecule has 2 aromatic rings. The summed E-state index contributed by atoms with van der Waals surface area (Å²) in [6.07, 6.45) is 1.07. The lowest BCUT2D eigenvalue weighted by Crippen LogP contribution is -2.29. The monoisotopic (exact) mass is 430 g/mol. The first-order valence-electron chi connectivity index (χ1n) is 8.82. The summed E-state index contributed by atoms with van der Waals surface area (Å²) in [4.78, 5) is 0.164. The summed E-state index contributed by atoms with van der Waals surface area (Å²) < 4.78 is 35.2. The van der Waals surface area contributed by atoms with Gasteiger partial charge in [0.2, 0.25) is 10.0 Å². The number of rotatable bonds is 8. The molecule has 0 radical (unpaired) electrons. The van der Waals surface area contributed by atoms with E-state index in [0.717, 1.165) is 30.5 Å². The molecule has 1 N–H and O–H groups in total. The summed E-state index contributed by atoms with van der Waals surface area (Å²) in [5.41, 5.74) is 0. The van der Waals surface area contributed by atoms with Gasteiger partial charge in [-0.2, -0.15) is 0 Å². The molecule has 0 aliphatic carbocycles. The van der Waals surface area contributed by atoms with E-state index in [-0.39, 0.29) is 4.90 Å². The van der Waals surface area contributed by atoms with Crippen LogP contribution < -0.4 is 4.72 Å². The van der Waals surface area contributed by atoms with Gasteiger partial charge in [-0.3, -0.25) is 0 Å². The predicted molar refractivity (Wildman–Crippen MR) is 106 cm³/mol. The fraction of sp³-hybridized carbons (Fsp3) is 0.529. The van der Waals surface area contributed by atoms with Gasteiger partial charge < -0.3 is 9.30 Å². The number of halogens is 1. The molecule has 1 saturated heterocycles. The van der Waals surface area contributed by atoms with Crippen LogP contribution in [0.4, 0.5) is 0 Å². The number of aromatic nitrogens is 3. The zero-order chi connectivity index (χ0) is 19.4. The third-order valence-corrected chi connectivity index (χ3v) is 7.38. The van der Waals surface area contributed by atoms with Crippen LogP contribution in [0.3, 0.4) is 0 Å². The molecule has 3 rings (SSSR count). The van der Waals surface area contributed by atoms with Crippen LogP contribution in [0.1, 0.15) is 32.1 Å². The Kier molecular flexibility index (Phi) is 6.80. The molecule has 1 aliphatic rings. The number of hydrogen-bond donors (Lipinski definition) is 1. The summed E-state index contributed by atoms with van der Waals surface area (Å²) >= 11 is 7.48. The average molecular weight is 431 g/mol. The first kappa shape index (κ1) is 20.6. The minimum Gasteiger partial charge on any atom is -0.381 e. The summed E-state index contributed by atoms with van der Waals surface area (Å²) in [7, 11) is -3.68. The number of nitrogens with one attached hydrogen (secondary N) is 1. The van der Waals surface area contributed by atoms with Gasteiger partial charge in [0.1, 0.15) is 0 Å². The lowest BCUT2D eigenvalue weighted by molar-refractivity contribution is 0.189. The van der Waals surface area contributed by atoms with E-state index in [9.17, 15) is 8.42 Å². The Labute approximate surface area is 168 Å². The molecule has 2 heterocycles. The molecular weight excluding hydrogens is 408 g/mol. The van der Waals surface area contributed by atoms with Gasteiger partial charge in [-0.05, 0) is 50.5 Å². The summed E-state index contributed by atoms with van der Waals surface area (Å²) in [6, 6.07) is 5.55. The first-order valence-corrected chi connectivity index (χ1v) is 11.7. The Balaban J connectivity index is 1.72. The van der Waals surface area contributed by atoms with Crippen LogP contribution in [0.5, 0.6) is 0 Å². The molecule has 1 aliphatic heterocycles. The van der Waals surface area contributed by atoms with Gasteiger partial charge in [0.15, 0.2) is 11.0 Å². The third-order valence-electron chi connectivity index (χ3n) is 4.38. The van der Waals surface area contributed by atoms with Gasteiger partial charge >= 0.3 is 0 Å². The molecule has 10 heteroatoms. The Morgan fingerprint density at radius 3 is 2.74 bits per heavy atom. The maximum absolute atomic E-state index is 12.6. The highest BCUT2D eigenvalue weighted by atomic mass is 35.5. The van der Waals surface area contributed by atoms with Gasteiger partial charge in [0, 0.05) is 23.9 Å². The molecule has 2 atom stereocenters. The van der Waals surface area contributed by atoms with E-state index in [1.54, 1.807) is 30.8 Å². The largest absolute Gasteiger partial charge is 0.381 e. The normalized spacial score (nSPS) is 18.7. The van der Waals surface area contributed by atoms with Crippen LogP contribution in [0.15, 0.2) is 34.3 Å². The highest BCUT2D eigenvalue weighted by Gasteiger charge is 2.24. The SMILES string of the molecule is CCn1c(SCC2CCOC2)nnc1[C@@H](C)NS(=O)(=O)c1ccc(Cl)cc1. The molecule has 0 spiro atoms. The Bertz CT molecular complexity index is 865. The summed E-state index contributed by atoms with van der Waals surface area (Å²) in [5.74, 6) is 2.05. The van der Waals surface area contributed by atoms with Gasteiger partial charge in [-0.1, -0.05) is 23.4 Å². The topological polar surface area (TPSA) is 86.1 Å². The van der Waals surface area contributed by atoms with Crippen molar-refractivity contribution < 1.29 is 13.2 Å². The van der Waals surface area contributed by atoms with Crippen molar-refractivity contribution >= 4 is 33.4 Å². The second kappa shape index (κ2) is 8.91. The molecule has 1 aromatic heterocycles. The molecular formula is C17H23ClN4O3S2. The third kappa shape index (κ3) is 5.03. The number of hydrogen-bond acceptors (Lipinski definition) is 6. The second-order valence-electron chi connectivity index (χ2n) is 6.42. The number of sulfonamides is 1. The molecule has 148 valence electrons. The highest BCUT2D eigenvalue weighted by Crippen LogP contribution is 2.26. The van der Waals surface area contributed by atoms with E-state index in [0.29, 0.717) is 23.3 Å². The van der Waals surface area contributed by atoms with Crippen molar-refractivity contribution in [1.29, 1.82) is 0 Å². The maximum Gasteiger partial charge on any atom is 0.241 e. The van der Waals surface area contributed by atoms with Crippen LogP contribution in [-0.4, -0.2) is 42.1 Å². The van der Waals surface area contributed by atoms with E-state index in [1.165, 1.54) is 12.1 Å². The lowest BCUT2D eigenvalue weighted by Gasteiger charge is -2.15. The molecule has 1 fully saturated rings. The summed E-state index contributed by atoms with van der Waals surface area (Å²) in [6.45, 7) is 6.04. The fourth-order valence-electron chi connectivity index (χ4n) is 2.90. The Hall–Kier alpha value is -1.13. The molecule has 1 aromatic carbocycles. The van der Waals surface area contributed by atoms with Crippen molar-refractivity contribution in [3.63, 3.8) is 0 Å². The lowest BCUT2D eigenvalue weighted by atomic mass is 10.2. The van der Waals surface area contributed by atoms with Crippen molar-refractivity contribution in [3.05, 3.63) is 35.1 Å². The fourth-order valence-corrected chi connectivity index (χ4v) is 5.35. The van der Waals surface area contributed by atoms with E-state index in [4.69, 9.17) is 16.3 Å². The number of ether oxygens (including phenoxy) is 1. The Morgan fingerprint density at radius 1 is 1.37 bits per heavy atom. The Morgan fingerprint density at radius 2 is 2.11 bits per heavy atom. The number of thioether (sulfide) groups is 1. The molecule has 7 nitrogen and oxygen atoms in total. The smallest absolute Gasteiger partial charge is 0.241 e. The van der Waals surface area contributed by atoms with Crippen LogP contribution in [0.25, 0.3) is 0 Å². The predicted octanol–water partition coefficient (Wildman–Crippen LogP) is 3.12. The van der Waals surface area contributed by atoms with Crippen LogP contribution >= 0.6 is 23.4 Å². The molecule has 0 bridgehead atoms. The first-order chi connectivity index (χ1) is 12.9. The van der Waals surface area contributed by atoms with Crippen molar-refractivity contribution in [1.82, 2.24) is 19.5 Å². The van der Waals surface area contributed by atoms with Gasteiger partial charge in [0.05, 0.1) is 17.5 Å². The molecule has 0 amide bonds. The molecule has 1 unspecified atom stereocenters. The van der Waals surface area contributed by atoms with Crippen molar-refractivity contribution in [2.45, 2.75) is 42.9 Å². The van der Waals surface area contributed by atoms with Crippen LogP contribution in [-0.2, 0) is 21.3 Å². The van der Waals surface area contributed by atoms with Crippen LogP contribution in [0, 0.1) is 5.92 Å². The zero-order valence-electron chi connectivity index (χ0n) is 15.3. The van der Waals surface area contributed by atoms with Crippen molar-refractivity contribution in [2.24, 2.45) is 5.92 Å². The second-order valence-corrected chi connectivity index (χ2v) is 9.56. The van der Waals surface area contributed by atoms with Gasteiger partial charge in [-0.25, -0.2) is 13.1 Å². The van der Waals surface area contributed by atoms with Crippen molar-refractivity contribution in [3.8, 4) is 0 Å². The minimum atomic E-state index is -3.68. The van der Waals surface area contributed by atoms with Crippen LogP contribution in [0.2, 0.25) is 5.02 Å². The molecule has 27 heavy (non-hydrogen) atoms. The average Bonchev–Trinajstić information content (AvgIpc) is 3.29. The van der Waals surface area contributed by atoms with Gasteiger partial charge in [0.25, 0.3) is 0 Å². The molecule has 0 saturated carbocycles. The number of benzene rings is 1. The van der Waals surface area contributed by atoms with E-state index in [1.807, 2.05) is 11.5 Å². The highest BCUT2D eigenvalue weighted by molar-refractivity contribution is 7.99. The van der Waals surface area contributed by atoms with E-state index < -0.39 is 16.1 Å². The summed E-state index contributed by atoms with van der Waals surface area (Å²) in [5, 5.41) is 9.79. The van der Waals surface area contributed by atoms with Crippen molar-refractivity contribution in [2.75, 3.05) is 19.0 Å². The zero-order valence-corrected chi connectivity index (χ0v) is 17.6. The van der Waals surface area contributed by atoms with Gasteiger partial charge in [-0.15, -0.1) is 10.2 Å². The maximum atomic E-state index is 12.6. The minimum absolute atomic E-state index is 0.164. The van der Waals surface area contributed by atoms with E-state index in [2.05, 4.69) is 14.9 Å².